The van der Waals surface area contributed by atoms with Gasteiger partial charge in [0.25, 0.3) is 0 Å². The van der Waals surface area contributed by atoms with Crippen LogP contribution in [0.3, 0.4) is 0 Å². The van der Waals surface area contributed by atoms with Gasteiger partial charge in [-0.3, -0.25) is 24.8 Å². The van der Waals surface area contributed by atoms with Gasteiger partial charge in [-0.1, -0.05) is 73.4 Å². The van der Waals surface area contributed by atoms with Crippen molar-refractivity contribution in [2.75, 3.05) is 6.54 Å². The van der Waals surface area contributed by atoms with Gasteiger partial charge in [-0.25, -0.2) is 15.2 Å². The summed E-state index contributed by atoms with van der Waals surface area (Å²) in [4.78, 5) is 61.1. The molecule has 0 aliphatic heterocycles. The minimum atomic E-state index is -1.00. The molecule has 9 N–H and O–H groups in total. The van der Waals surface area contributed by atoms with Gasteiger partial charge >= 0.3 is 6.03 Å². The van der Waals surface area contributed by atoms with Crippen LogP contribution in [0.4, 0.5) is 4.79 Å². The number of nitrogens with two attached hydrogens (primary N) is 2. The molecule has 0 bridgehead atoms. The summed E-state index contributed by atoms with van der Waals surface area (Å²) in [5, 5.41) is 11.0. The maximum atomic E-state index is 13.6. The summed E-state index contributed by atoms with van der Waals surface area (Å²) in [6.45, 7) is 3.97. The van der Waals surface area contributed by atoms with Crippen molar-refractivity contribution >= 4 is 64.1 Å². The molecule has 1 aromatic heterocycles. The number of benzene rings is 2. The maximum Gasteiger partial charge on any atom is 0.329 e. The van der Waals surface area contributed by atoms with Crippen LogP contribution in [-0.2, 0) is 22.6 Å². The fourth-order valence-corrected chi connectivity index (χ4v) is 5.36. The van der Waals surface area contributed by atoms with Crippen LogP contribution < -0.4 is 38.3 Å². The van der Waals surface area contributed by atoms with Crippen LogP contribution in [0.1, 0.15) is 47.6 Å². The summed E-state index contributed by atoms with van der Waals surface area (Å²) in [6, 6.07) is 10.7. The number of amides is 4. The van der Waals surface area contributed by atoms with E-state index < -0.39 is 36.0 Å². The van der Waals surface area contributed by atoms with Crippen molar-refractivity contribution in [2.45, 2.75) is 57.8 Å². The summed E-state index contributed by atoms with van der Waals surface area (Å²) in [5.41, 5.74) is 17.7. The topological polar surface area (TPSA) is 206 Å². The highest BCUT2D eigenvalue weighted by Crippen LogP contribution is 2.22. The van der Waals surface area contributed by atoms with E-state index in [2.05, 4.69) is 36.8 Å². The van der Waals surface area contributed by atoms with Crippen LogP contribution >= 0.6 is 34.5 Å². The zero-order valence-corrected chi connectivity index (χ0v) is 28.3. The minimum absolute atomic E-state index is 0.0727. The smallest absolute Gasteiger partial charge is 0.329 e. The van der Waals surface area contributed by atoms with Gasteiger partial charge in [0.1, 0.15) is 12.1 Å². The molecule has 252 valence electrons. The Balaban J connectivity index is 1.69. The number of hydrogen-bond acceptors (Lipinski definition) is 8. The first-order chi connectivity index (χ1) is 22.4. The molecule has 13 nitrogen and oxygen atoms in total. The molecule has 2 aromatic carbocycles. The van der Waals surface area contributed by atoms with Crippen LogP contribution in [0.2, 0.25) is 10.0 Å². The van der Waals surface area contributed by atoms with Crippen molar-refractivity contribution in [2.24, 2.45) is 22.4 Å². The Labute approximate surface area is 287 Å². The number of guanidine groups is 1. The van der Waals surface area contributed by atoms with E-state index >= 15 is 0 Å². The fourth-order valence-electron chi connectivity index (χ4n) is 4.40. The lowest BCUT2D eigenvalue weighted by atomic mass is 9.99. The molecule has 0 saturated heterocycles. The normalized spacial score (nSPS) is 12.8. The lowest BCUT2D eigenvalue weighted by molar-refractivity contribution is -0.131. The number of hydrazine groups is 1. The van der Waals surface area contributed by atoms with E-state index in [1.165, 1.54) is 6.20 Å². The second-order valence-electron chi connectivity index (χ2n) is 10.9. The SMILES string of the molecule is CC(C)[C@H](NC(=O)[C@H](Cc1ccccc1)NNC(=O)NCc1ccc(Cl)c(Cl)c1)C(=O)N[C@@H](CCCN=C(N)N)C(=O)c1nccs1. The molecule has 0 aliphatic carbocycles. The number of urea groups is 1. The van der Waals surface area contributed by atoms with E-state index in [4.69, 9.17) is 34.7 Å². The quantitative estimate of drug-likeness (QED) is 0.0365. The summed E-state index contributed by atoms with van der Waals surface area (Å²) < 4.78 is 0. The van der Waals surface area contributed by atoms with E-state index in [9.17, 15) is 19.2 Å². The molecule has 0 radical (unpaired) electrons. The molecule has 0 saturated carbocycles. The molecule has 0 spiro atoms. The number of nitrogens with one attached hydrogen (secondary N) is 5. The largest absolute Gasteiger partial charge is 0.370 e. The summed E-state index contributed by atoms with van der Waals surface area (Å²) in [7, 11) is 0. The highest BCUT2D eigenvalue weighted by Gasteiger charge is 2.32. The highest BCUT2D eigenvalue weighted by atomic mass is 35.5. The van der Waals surface area contributed by atoms with Crippen molar-refractivity contribution in [3.8, 4) is 0 Å². The van der Waals surface area contributed by atoms with E-state index in [1.54, 1.807) is 37.4 Å². The van der Waals surface area contributed by atoms with Crippen molar-refractivity contribution in [3.63, 3.8) is 0 Å². The molecule has 0 fully saturated rings. The molecule has 0 aliphatic rings. The lowest BCUT2D eigenvalue weighted by Gasteiger charge is -2.27. The molecule has 47 heavy (non-hydrogen) atoms. The zero-order chi connectivity index (χ0) is 34.3. The van der Waals surface area contributed by atoms with Crippen molar-refractivity contribution < 1.29 is 19.2 Å². The van der Waals surface area contributed by atoms with Gasteiger partial charge in [0.15, 0.2) is 11.0 Å². The maximum absolute atomic E-state index is 13.6. The first kappa shape index (κ1) is 37.2. The molecular formula is C31H39Cl2N9O4S. The second kappa shape index (κ2) is 18.8. The standard InChI is InChI=1S/C31H39Cl2N9O4S/c1-18(2)25(28(45)39-23(9-6-12-37-30(34)35)26(43)29-36-13-14-47-29)40-27(44)24(16-19-7-4-3-5-8-19)41-42-31(46)38-17-20-10-11-21(32)22(33)15-20/h3-5,7-8,10-11,13-15,18,23-25,41H,6,9,12,16-17H2,1-2H3,(H,39,45)(H,40,44)(H4,34,35,37)(H2,38,42,46)/t23-,24-,25-/m0/s1. The minimum Gasteiger partial charge on any atom is -0.370 e. The Morgan fingerprint density at radius 3 is 2.32 bits per heavy atom. The Morgan fingerprint density at radius 2 is 1.68 bits per heavy atom. The molecular weight excluding hydrogens is 665 g/mol. The van der Waals surface area contributed by atoms with Gasteiger partial charge in [0.05, 0.1) is 16.1 Å². The van der Waals surface area contributed by atoms with Crippen molar-refractivity contribution in [1.82, 2.24) is 31.8 Å². The summed E-state index contributed by atoms with van der Waals surface area (Å²) in [5.74, 6) is -1.86. The number of ketones is 1. The fraction of sp³-hybridized carbons (Fsp3) is 0.355. The van der Waals surface area contributed by atoms with Gasteiger partial charge < -0.3 is 27.4 Å². The summed E-state index contributed by atoms with van der Waals surface area (Å²) >= 11 is 13.2. The summed E-state index contributed by atoms with van der Waals surface area (Å²) in [6.07, 6.45) is 2.37. The number of carbonyl (C=O) groups excluding carboxylic acids is 4. The monoisotopic (exact) mass is 703 g/mol. The van der Waals surface area contributed by atoms with Crippen LogP contribution in [-0.4, -0.2) is 59.2 Å². The Hall–Kier alpha value is -4.24. The predicted molar refractivity (Wildman–Crippen MR) is 184 cm³/mol. The Bertz CT molecular complexity index is 1520. The third-order valence-corrected chi connectivity index (χ3v) is 8.39. The number of thiazole rings is 1. The molecule has 1 heterocycles. The zero-order valence-electron chi connectivity index (χ0n) is 26.0. The van der Waals surface area contributed by atoms with Crippen LogP contribution in [0.5, 0.6) is 0 Å². The molecule has 4 amide bonds. The number of Topliss-reactive ketones (excluding diaryl/α,β-unsaturated/α-hetero) is 1. The van der Waals surface area contributed by atoms with Gasteiger partial charge in [-0.05, 0) is 48.4 Å². The van der Waals surface area contributed by atoms with Gasteiger partial charge in [-0.15, -0.1) is 11.3 Å². The van der Waals surface area contributed by atoms with Gasteiger partial charge in [0.2, 0.25) is 17.6 Å². The number of hydrogen-bond donors (Lipinski definition) is 7. The third kappa shape index (κ3) is 12.5. The predicted octanol–water partition coefficient (Wildman–Crippen LogP) is 2.93. The molecule has 16 heteroatoms. The van der Waals surface area contributed by atoms with Crippen molar-refractivity contribution in [3.05, 3.63) is 86.3 Å². The average molecular weight is 705 g/mol. The third-order valence-electron chi connectivity index (χ3n) is 6.86. The molecule has 3 aromatic rings. The molecule has 3 rings (SSSR count). The number of aromatic nitrogens is 1. The number of nitrogens with zero attached hydrogens (tertiary/aromatic N) is 2. The van der Waals surface area contributed by atoms with E-state index in [-0.39, 0.29) is 48.6 Å². The van der Waals surface area contributed by atoms with Crippen molar-refractivity contribution in [1.29, 1.82) is 0 Å². The molecule has 0 unspecified atom stereocenters. The van der Waals surface area contributed by atoms with E-state index in [0.717, 1.165) is 22.5 Å². The van der Waals surface area contributed by atoms with Crippen LogP contribution in [0, 0.1) is 5.92 Å². The second-order valence-corrected chi connectivity index (χ2v) is 12.6. The van der Waals surface area contributed by atoms with Crippen LogP contribution in [0.15, 0.2) is 65.1 Å². The highest BCUT2D eigenvalue weighted by molar-refractivity contribution is 7.11. The number of carbonyl (C=O) groups is 4. The first-order valence-corrected chi connectivity index (χ1v) is 16.4. The molecule has 3 atom stereocenters. The Kier molecular flexibility index (Phi) is 14.9. The van der Waals surface area contributed by atoms with E-state index in [1.807, 2.05) is 30.3 Å². The number of halogens is 2. The number of rotatable bonds is 17. The van der Waals surface area contributed by atoms with E-state index in [0.29, 0.717) is 16.5 Å². The van der Waals surface area contributed by atoms with Gasteiger partial charge in [0, 0.05) is 24.7 Å². The first-order valence-electron chi connectivity index (χ1n) is 14.8. The Morgan fingerprint density at radius 1 is 0.936 bits per heavy atom. The van der Waals surface area contributed by atoms with Crippen LogP contribution in [0.25, 0.3) is 0 Å². The number of aliphatic imine (C=N–C) groups is 1. The van der Waals surface area contributed by atoms with Gasteiger partial charge in [-0.2, -0.15) is 0 Å². The lowest BCUT2D eigenvalue weighted by Crippen LogP contribution is -2.59. The average Bonchev–Trinajstić information content (AvgIpc) is 3.59.